The molecule has 0 unspecified atom stereocenters. The van der Waals surface area contributed by atoms with Gasteiger partial charge in [-0.2, -0.15) is 0 Å². The fourth-order valence-electron chi connectivity index (χ4n) is 1.28. The van der Waals surface area contributed by atoms with Gasteiger partial charge in [0.15, 0.2) is 0 Å². The van der Waals surface area contributed by atoms with Crippen molar-refractivity contribution in [2.24, 2.45) is 0 Å². The Morgan fingerprint density at radius 2 is 2.23 bits per heavy atom. The van der Waals surface area contributed by atoms with Crippen molar-refractivity contribution in [1.82, 2.24) is 9.97 Å². The monoisotopic (exact) mass is 243 g/mol. The van der Waals surface area contributed by atoms with Gasteiger partial charge in [-0.05, 0) is 36.7 Å². The van der Waals surface area contributed by atoms with Gasteiger partial charge < -0.3 is 4.90 Å². The highest BCUT2D eigenvalue weighted by Gasteiger charge is 2.12. The molecule has 13 heavy (non-hydrogen) atoms. The van der Waals surface area contributed by atoms with E-state index >= 15 is 0 Å². The molecule has 0 N–H and O–H groups in total. The van der Waals surface area contributed by atoms with Crippen LogP contribution in [0.25, 0.3) is 0 Å². The lowest BCUT2D eigenvalue weighted by atomic mass is 10.3. The number of anilines is 1. The summed E-state index contributed by atoms with van der Waals surface area (Å²) < 4.78 is 0.950. The van der Waals surface area contributed by atoms with Crippen LogP contribution < -0.4 is 4.90 Å². The van der Waals surface area contributed by atoms with Crippen molar-refractivity contribution in [2.45, 2.75) is 26.8 Å². The van der Waals surface area contributed by atoms with Crippen molar-refractivity contribution < 1.29 is 0 Å². The molecule has 1 aromatic rings. The third kappa shape index (κ3) is 2.40. The van der Waals surface area contributed by atoms with Crippen molar-refractivity contribution in [1.29, 1.82) is 0 Å². The number of aromatic nitrogens is 2. The first-order valence-electron chi connectivity index (χ1n) is 4.39. The van der Waals surface area contributed by atoms with Crippen molar-refractivity contribution in [3.05, 3.63) is 17.0 Å². The molecule has 0 aromatic carbocycles. The second kappa shape index (κ2) is 4.56. The van der Waals surface area contributed by atoms with E-state index in [0.29, 0.717) is 6.04 Å². The topological polar surface area (TPSA) is 29.0 Å². The van der Waals surface area contributed by atoms with E-state index in [0.717, 1.165) is 16.8 Å². The quantitative estimate of drug-likeness (QED) is 0.817. The summed E-state index contributed by atoms with van der Waals surface area (Å²) in [5.74, 6) is 0.965. The van der Waals surface area contributed by atoms with E-state index in [4.69, 9.17) is 0 Å². The number of rotatable bonds is 3. The zero-order valence-corrected chi connectivity index (χ0v) is 9.74. The van der Waals surface area contributed by atoms with E-state index < -0.39 is 0 Å². The minimum absolute atomic E-state index is 0.455. The third-order valence-corrected chi connectivity index (χ3v) is 2.44. The van der Waals surface area contributed by atoms with Crippen LogP contribution in [0.15, 0.2) is 17.0 Å². The van der Waals surface area contributed by atoms with E-state index in [1.807, 2.05) is 0 Å². The molecule has 0 spiro atoms. The van der Waals surface area contributed by atoms with Gasteiger partial charge in [0.2, 0.25) is 0 Å². The van der Waals surface area contributed by atoms with Gasteiger partial charge in [0, 0.05) is 18.8 Å². The Balaban J connectivity index is 2.97. The van der Waals surface area contributed by atoms with Crippen LogP contribution in [0.4, 0.5) is 5.82 Å². The molecule has 4 heteroatoms. The van der Waals surface area contributed by atoms with Gasteiger partial charge in [0.1, 0.15) is 12.1 Å². The average Bonchev–Trinajstić information content (AvgIpc) is 2.09. The zero-order chi connectivity index (χ0) is 9.84. The predicted octanol–water partition coefficient (Wildman–Crippen LogP) is 2.47. The lowest BCUT2D eigenvalue weighted by molar-refractivity contribution is 0.690. The predicted molar refractivity (Wildman–Crippen MR) is 57.9 cm³/mol. The second-order valence-electron chi connectivity index (χ2n) is 3.07. The summed E-state index contributed by atoms with van der Waals surface area (Å²) >= 11 is 3.44. The number of nitrogens with zero attached hydrogens (tertiary/aromatic N) is 3. The van der Waals surface area contributed by atoms with Gasteiger partial charge in [-0.1, -0.05) is 0 Å². The lowest BCUT2D eigenvalue weighted by Crippen LogP contribution is -2.31. The van der Waals surface area contributed by atoms with Gasteiger partial charge >= 0.3 is 0 Å². The van der Waals surface area contributed by atoms with Crippen molar-refractivity contribution in [2.75, 3.05) is 11.4 Å². The Morgan fingerprint density at radius 1 is 1.54 bits per heavy atom. The first-order chi connectivity index (χ1) is 6.16. The fraction of sp³-hybridized carbons (Fsp3) is 0.556. The molecular formula is C9H14BrN3. The van der Waals surface area contributed by atoms with Crippen LogP contribution in [-0.4, -0.2) is 22.6 Å². The van der Waals surface area contributed by atoms with Crippen LogP contribution >= 0.6 is 15.9 Å². The minimum Gasteiger partial charge on any atom is -0.353 e. The highest BCUT2D eigenvalue weighted by atomic mass is 79.9. The molecule has 0 bridgehead atoms. The Labute approximate surface area is 87.3 Å². The minimum atomic E-state index is 0.455. The van der Waals surface area contributed by atoms with Crippen LogP contribution in [-0.2, 0) is 0 Å². The molecule has 1 aromatic heterocycles. The standard InChI is InChI=1S/C9H14BrN3/c1-4-13(7(2)3)9-8(10)5-11-6-12-9/h5-7H,4H2,1-3H3. The fourth-order valence-corrected chi connectivity index (χ4v) is 1.73. The lowest BCUT2D eigenvalue weighted by Gasteiger charge is -2.26. The van der Waals surface area contributed by atoms with Crippen molar-refractivity contribution in [3.63, 3.8) is 0 Å². The van der Waals surface area contributed by atoms with E-state index in [1.165, 1.54) is 0 Å². The van der Waals surface area contributed by atoms with Gasteiger partial charge in [0.25, 0.3) is 0 Å². The van der Waals surface area contributed by atoms with Crippen LogP contribution in [0.1, 0.15) is 20.8 Å². The van der Waals surface area contributed by atoms with E-state index in [-0.39, 0.29) is 0 Å². The van der Waals surface area contributed by atoms with E-state index in [9.17, 15) is 0 Å². The normalized spacial score (nSPS) is 10.5. The van der Waals surface area contributed by atoms with Crippen molar-refractivity contribution in [3.8, 4) is 0 Å². The highest BCUT2D eigenvalue weighted by Crippen LogP contribution is 2.23. The summed E-state index contributed by atoms with van der Waals surface area (Å²) in [6.07, 6.45) is 3.35. The van der Waals surface area contributed by atoms with E-state index in [2.05, 4.69) is 51.6 Å². The summed E-state index contributed by atoms with van der Waals surface area (Å²) in [6, 6.07) is 0.455. The number of hydrogen-bond acceptors (Lipinski definition) is 3. The van der Waals surface area contributed by atoms with Crippen LogP contribution in [0.2, 0.25) is 0 Å². The molecule has 0 radical (unpaired) electrons. The molecule has 0 atom stereocenters. The summed E-state index contributed by atoms with van der Waals surface area (Å²) in [5.41, 5.74) is 0. The molecule has 0 saturated carbocycles. The average molecular weight is 244 g/mol. The maximum absolute atomic E-state index is 4.24. The summed E-state index contributed by atoms with van der Waals surface area (Å²) in [5, 5.41) is 0. The second-order valence-corrected chi connectivity index (χ2v) is 3.93. The first-order valence-corrected chi connectivity index (χ1v) is 5.18. The summed E-state index contributed by atoms with van der Waals surface area (Å²) in [6.45, 7) is 7.37. The molecule has 0 aliphatic carbocycles. The molecule has 0 aliphatic rings. The maximum Gasteiger partial charge on any atom is 0.146 e. The van der Waals surface area contributed by atoms with Crippen molar-refractivity contribution >= 4 is 21.7 Å². The molecule has 0 aliphatic heterocycles. The molecule has 0 amide bonds. The first kappa shape index (κ1) is 10.4. The zero-order valence-electron chi connectivity index (χ0n) is 8.16. The molecule has 72 valence electrons. The molecular weight excluding hydrogens is 230 g/mol. The summed E-state index contributed by atoms with van der Waals surface area (Å²) in [4.78, 5) is 10.4. The van der Waals surface area contributed by atoms with Gasteiger partial charge in [-0.3, -0.25) is 0 Å². The highest BCUT2D eigenvalue weighted by molar-refractivity contribution is 9.10. The van der Waals surface area contributed by atoms with Crippen LogP contribution in [0.3, 0.4) is 0 Å². The Bertz CT molecular complexity index is 275. The van der Waals surface area contributed by atoms with Gasteiger partial charge in [-0.25, -0.2) is 9.97 Å². The van der Waals surface area contributed by atoms with Crippen LogP contribution in [0, 0.1) is 0 Å². The molecule has 0 fully saturated rings. The van der Waals surface area contributed by atoms with Gasteiger partial charge in [-0.15, -0.1) is 0 Å². The van der Waals surface area contributed by atoms with Gasteiger partial charge in [0.05, 0.1) is 4.47 Å². The number of halogens is 1. The third-order valence-electron chi connectivity index (χ3n) is 1.88. The summed E-state index contributed by atoms with van der Waals surface area (Å²) in [7, 11) is 0. The molecule has 0 saturated heterocycles. The maximum atomic E-state index is 4.24. The SMILES string of the molecule is CCN(c1ncncc1Br)C(C)C. The molecule has 3 nitrogen and oxygen atoms in total. The Kier molecular flexibility index (Phi) is 3.66. The Hall–Kier alpha value is -0.640. The number of hydrogen-bond donors (Lipinski definition) is 0. The van der Waals surface area contributed by atoms with E-state index in [1.54, 1.807) is 12.5 Å². The molecule has 1 rings (SSSR count). The Morgan fingerprint density at radius 3 is 2.69 bits per heavy atom. The molecule has 1 heterocycles. The smallest absolute Gasteiger partial charge is 0.146 e. The largest absolute Gasteiger partial charge is 0.353 e. The van der Waals surface area contributed by atoms with Crippen LogP contribution in [0.5, 0.6) is 0 Å².